The Morgan fingerprint density at radius 3 is 3.00 bits per heavy atom. The summed E-state index contributed by atoms with van der Waals surface area (Å²) in [7, 11) is 0. The number of carbonyl (C=O) groups is 2. The number of hydrogen-bond acceptors (Lipinski definition) is 3. The van der Waals surface area contributed by atoms with Crippen LogP contribution in [0.4, 0.5) is 4.79 Å². The van der Waals surface area contributed by atoms with E-state index in [1.165, 1.54) is 9.96 Å². The van der Waals surface area contributed by atoms with Crippen LogP contribution in [0.2, 0.25) is 0 Å². The van der Waals surface area contributed by atoms with Gasteiger partial charge in [0, 0.05) is 13.0 Å². The predicted octanol–water partition coefficient (Wildman–Crippen LogP) is 0.0671. The quantitative estimate of drug-likeness (QED) is 0.669. The van der Waals surface area contributed by atoms with Crippen molar-refractivity contribution in [2.24, 2.45) is 0 Å². The fraction of sp³-hybridized carbons (Fsp3) is 0.556. The van der Waals surface area contributed by atoms with Gasteiger partial charge in [0.1, 0.15) is 6.04 Å². The first-order valence-electron chi connectivity index (χ1n) is 4.71. The van der Waals surface area contributed by atoms with Gasteiger partial charge in [-0.05, 0) is 0 Å². The minimum atomic E-state index is -0.950. The Morgan fingerprint density at radius 1 is 1.73 bits per heavy atom. The lowest BCUT2D eigenvalue weighted by Crippen LogP contribution is -2.48. The van der Waals surface area contributed by atoms with E-state index in [2.05, 4.69) is 6.58 Å². The second-order valence-corrected chi connectivity index (χ2v) is 3.59. The van der Waals surface area contributed by atoms with E-state index in [1.807, 2.05) is 0 Å². The Hall–Kier alpha value is -1.56. The minimum absolute atomic E-state index is 0.140. The number of aliphatic carboxylic acids is 1. The highest BCUT2D eigenvalue weighted by molar-refractivity contribution is 5.85. The number of hydroxylamine groups is 2. The van der Waals surface area contributed by atoms with Gasteiger partial charge in [-0.1, -0.05) is 6.08 Å². The molecule has 2 aliphatic heterocycles. The summed E-state index contributed by atoms with van der Waals surface area (Å²) in [5.41, 5.74) is 0. The molecule has 0 aromatic rings. The minimum Gasteiger partial charge on any atom is -0.480 e. The first-order valence-corrected chi connectivity index (χ1v) is 4.71. The molecule has 2 aliphatic rings. The summed E-state index contributed by atoms with van der Waals surface area (Å²) in [4.78, 5) is 28.9. The summed E-state index contributed by atoms with van der Waals surface area (Å²) in [5, 5.41) is 10.1. The summed E-state index contributed by atoms with van der Waals surface area (Å²) in [6.45, 7) is 4.18. The molecule has 0 spiro atoms. The molecule has 6 nitrogen and oxygen atoms in total. The van der Waals surface area contributed by atoms with Gasteiger partial charge in [0.2, 0.25) is 0 Å². The SMILES string of the molecule is C=CCON1C(=O)N2CC1CC2C(=O)O. The van der Waals surface area contributed by atoms with Crippen molar-refractivity contribution >= 4 is 12.0 Å². The van der Waals surface area contributed by atoms with Crippen molar-refractivity contribution in [3.05, 3.63) is 12.7 Å². The van der Waals surface area contributed by atoms with Gasteiger partial charge in [0.25, 0.3) is 0 Å². The van der Waals surface area contributed by atoms with E-state index in [0.29, 0.717) is 13.0 Å². The molecule has 2 saturated heterocycles. The van der Waals surface area contributed by atoms with Gasteiger partial charge in [-0.15, -0.1) is 6.58 Å². The van der Waals surface area contributed by atoms with Crippen molar-refractivity contribution in [2.45, 2.75) is 18.5 Å². The largest absolute Gasteiger partial charge is 0.480 e. The van der Waals surface area contributed by atoms with E-state index in [4.69, 9.17) is 9.94 Å². The van der Waals surface area contributed by atoms with E-state index < -0.39 is 12.0 Å². The summed E-state index contributed by atoms with van der Waals surface area (Å²) in [6.07, 6.45) is 1.97. The number of urea groups is 1. The third-order valence-electron chi connectivity index (χ3n) is 2.66. The van der Waals surface area contributed by atoms with E-state index in [0.717, 1.165) is 0 Å². The second kappa shape index (κ2) is 3.54. The normalized spacial score (nSPS) is 28.7. The van der Waals surface area contributed by atoms with Crippen molar-refractivity contribution < 1.29 is 19.5 Å². The Bertz CT molecular complexity index is 317. The number of carboxylic acid groups (broad SMARTS) is 1. The zero-order chi connectivity index (χ0) is 11.0. The average molecular weight is 212 g/mol. The molecule has 2 fully saturated rings. The third kappa shape index (κ3) is 1.46. The highest BCUT2D eigenvalue weighted by Crippen LogP contribution is 2.31. The molecular formula is C9H12N2O4. The molecule has 2 unspecified atom stereocenters. The molecule has 82 valence electrons. The fourth-order valence-corrected chi connectivity index (χ4v) is 2.01. The Labute approximate surface area is 86.7 Å². The van der Waals surface area contributed by atoms with Crippen LogP contribution in [0.3, 0.4) is 0 Å². The zero-order valence-corrected chi connectivity index (χ0v) is 8.13. The molecule has 2 rings (SSSR count). The third-order valence-corrected chi connectivity index (χ3v) is 2.66. The maximum atomic E-state index is 11.6. The first-order chi connectivity index (χ1) is 7.15. The number of carboxylic acids is 1. The maximum Gasteiger partial charge on any atom is 0.345 e. The molecule has 2 bridgehead atoms. The fourth-order valence-electron chi connectivity index (χ4n) is 2.01. The zero-order valence-electron chi connectivity index (χ0n) is 8.13. The standard InChI is InChI=1S/C9H12N2O4/c1-2-3-15-11-6-4-7(8(12)13)10(5-6)9(11)14/h2,6-7H,1,3-5H2,(H,12,13). The van der Waals surface area contributed by atoms with E-state index in [1.54, 1.807) is 6.08 Å². The smallest absolute Gasteiger partial charge is 0.345 e. The predicted molar refractivity (Wildman–Crippen MR) is 49.9 cm³/mol. The highest BCUT2D eigenvalue weighted by atomic mass is 16.7. The van der Waals surface area contributed by atoms with Crippen molar-refractivity contribution in [3.8, 4) is 0 Å². The number of carbonyl (C=O) groups excluding carboxylic acids is 1. The summed E-state index contributed by atoms with van der Waals surface area (Å²) in [5.74, 6) is -0.950. The molecule has 2 heterocycles. The lowest BCUT2D eigenvalue weighted by Gasteiger charge is -2.28. The van der Waals surface area contributed by atoms with Crippen LogP contribution in [0.5, 0.6) is 0 Å². The average Bonchev–Trinajstić information content (AvgIpc) is 2.73. The molecule has 6 heteroatoms. The van der Waals surface area contributed by atoms with Crippen molar-refractivity contribution in [1.82, 2.24) is 9.96 Å². The van der Waals surface area contributed by atoms with Crippen LogP contribution in [0, 0.1) is 0 Å². The molecule has 2 amide bonds. The number of fused-ring (bicyclic) bond motifs is 2. The van der Waals surface area contributed by atoms with Gasteiger partial charge >= 0.3 is 12.0 Å². The Balaban J connectivity index is 2.04. The van der Waals surface area contributed by atoms with E-state index >= 15 is 0 Å². The van der Waals surface area contributed by atoms with Crippen LogP contribution in [-0.2, 0) is 9.63 Å². The first kappa shape index (κ1) is 9.97. The summed E-state index contributed by atoms with van der Waals surface area (Å²) in [6, 6.07) is -1.19. The lowest BCUT2D eigenvalue weighted by atomic mass is 10.1. The number of amides is 2. The molecule has 2 atom stereocenters. The van der Waals surface area contributed by atoms with Gasteiger partial charge in [0.15, 0.2) is 0 Å². The molecule has 1 N–H and O–H groups in total. The van der Waals surface area contributed by atoms with Gasteiger partial charge in [-0.3, -0.25) is 4.84 Å². The molecule has 0 radical (unpaired) electrons. The van der Waals surface area contributed by atoms with Crippen LogP contribution in [0.25, 0.3) is 0 Å². The Morgan fingerprint density at radius 2 is 2.47 bits per heavy atom. The molecule has 0 saturated carbocycles. The van der Waals surface area contributed by atoms with Crippen molar-refractivity contribution in [2.75, 3.05) is 13.2 Å². The van der Waals surface area contributed by atoms with Crippen molar-refractivity contribution in [1.29, 1.82) is 0 Å². The maximum absolute atomic E-state index is 11.6. The van der Waals surface area contributed by atoms with Crippen LogP contribution in [0.1, 0.15) is 6.42 Å². The topological polar surface area (TPSA) is 70.1 Å². The van der Waals surface area contributed by atoms with Gasteiger partial charge in [-0.25, -0.2) is 9.59 Å². The molecular weight excluding hydrogens is 200 g/mol. The van der Waals surface area contributed by atoms with E-state index in [-0.39, 0.29) is 18.7 Å². The molecule has 0 aromatic heterocycles. The van der Waals surface area contributed by atoms with Crippen LogP contribution >= 0.6 is 0 Å². The van der Waals surface area contributed by atoms with Crippen LogP contribution in [-0.4, -0.2) is 52.3 Å². The number of rotatable bonds is 4. The van der Waals surface area contributed by atoms with Gasteiger partial charge in [0.05, 0.1) is 12.6 Å². The second-order valence-electron chi connectivity index (χ2n) is 3.59. The lowest BCUT2D eigenvalue weighted by molar-refractivity contribution is -0.148. The Kier molecular flexibility index (Phi) is 2.36. The van der Waals surface area contributed by atoms with Crippen LogP contribution in [0.15, 0.2) is 12.7 Å². The van der Waals surface area contributed by atoms with Crippen LogP contribution < -0.4 is 0 Å². The number of hydrogen-bond donors (Lipinski definition) is 1. The van der Waals surface area contributed by atoms with Gasteiger partial charge in [-0.2, -0.15) is 5.06 Å². The van der Waals surface area contributed by atoms with E-state index in [9.17, 15) is 9.59 Å². The van der Waals surface area contributed by atoms with Crippen molar-refractivity contribution in [3.63, 3.8) is 0 Å². The molecule has 15 heavy (non-hydrogen) atoms. The molecule has 0 aliphatic carbocycles. The summed E-state index contributed by atoms with van der Waals surface area (Å²) >= 11 is 0. The number of nitrogens with zero attached hydrogens (tertiary/aromatic N) is 2. The van der Waals surface area contributed by atoms with Gasteiger partial charge < -0.3 is 10.0 Å². The molecule has 0 aromatic carbocycles. The monoisotopic (exact) mass is 212 g/mol. The summed E-state index contributed by atoms with van der Waals surface area (Å²) < 4.78 is 0. The highest BCUT2D eigenvalue weighted by Gasteiger charge is 2.51.